The highest BCUT2D eigenvalue weighted by Gasteiger charge is 2.10. The van der Waals surface area contributed by atoms with Gasteiger partial charge in [-0.2, -0.15) is 5.26 Å². The van der Waals surface area contributed by atoms with E-state index in [1.807, 2.05) is 0 Å². The lowest BCUT2D eigenvalue weighted by Crippen LogP contribution is -2.10. The van der Waals surface area contributed by atoms with Crippen LogP contribution >= 0.6 is 0 Å². The Hall–Kier alpha value is -2.61. The monoisotopic (exact) mass is 245 g/mol. The predicted molar refractivity (Wildman–Crippen MR) is 59.6 cm³/mol. The number of ether oxygens (including phenoxy) is 1. The number of benzene rings is 1. The van der Waals surface area contributed by atoms with Gasteiger partial charge in [0.25, 0.3) is 0 Å². The van der Waals surface area contributed by atoms with E-state index < -0.39 is 5.82 Å². The number of hydrogen-bond acceptors (Lipinski definition) is 4. The van der Waals surface area contributed by atoms with Gasteiger partial charge >= 0.3 is 0 Å². The van der Waals surface area contributed by atoms with Gasteiger partial charge in [0.2, 0.25) is 5.78 Å². The average Bonchev–Trinajstić information content (AvgIpc) is 2.90. The molecule has 0 amide bonds. The second kappa shape index (κ2) is 5.15. The molecule has 0 bridgehead atoms. The number of carbonyl (C=O) groups excluding carboxylic acids is 1. The molecule has 90 valence electrons. The van der Waals surface area contributed by atoms with Crippen LogP contribution in [0.5, 0.6) is 5.75 Å². The third kappa shape index (κ3) is 2.55. The Kier molecular flexibility index (Phi) is 3.39. The van der Waals surface area contributed by atoms with Crippen molar-refractivity contribution in [1.82, 2.24) is 0 Å². The molecular weight excluding hydrogens is 237 g/mol. The summed E-state index contributed by atoms with van der Waals surface area (Å²) in [6.07, 6.45) is 1.38. The van der Waals surface area contributed by atoms with E-state index in [0.29, 0.717) is 0 Å². The molecule has 2 aromatic rings. The Morgan fingerprint density at radius 3 is 2.89 bits per heavy atom. The van der Waals surface area contributed by atoms with Gasteiger partial charge in [0.15, 0.2) is 12.4 Å². The van der Waals surface area contributed by atoms with E-state index in [4.69, 9.17) is 14.4 Å². The Bertz CT molecular complexity index is 599. The van der Waals surface area contributed by atoms with Gasteiger partial charge in [-0.3, -0.25) is 4.79 Å². The number of ketones is 1. The summed E-state index contributed by atoms with van der Waals surface area (Å²) in [7, 11) is 0. The molecule has 5 heteroatoms. The summed E-state index contributed by atoms with van der Waals surface area (Å²) in [5, 5.41) is 8.56. The van der Waals surface area contributed by atoms with Crippen molar-refractivity contribution in [3.05, 3.63) is 53.7 Å². The SMILES string of the molecule is N#Cc1ccc(OCC(=O)c2ccco2)cc1F. The maximum Gasteiger partial charge on any atom is 0.235 e. The number of Topliss-reactive ketones (excluding diaryl/α,β-unsaturated/α-hetero) is 1. The van der Waals surface area contributed by atoms with Crippen LogP contribution < -0.4 is 4.74 Å². The Morgan fingerprint density at radius 1 is 1.44 bits per heavy atom. The molecule has 0 aliphatic rings. The molecule has 0 saturated carbocycles. The van der Waals surface area contributed by atoms with Crippen LogP contribution in [-0.4, -0.2) is 12.4 Å². The molecular formula is C13H8FNO3. The van der Waals surface area contributed by atoms with Gasteiger partial charge in [0, 0.05) is 6.07 Å². The lowest BCUT2D eigenvalue weighted by atomic mass is 10.2. The van der Waals surface area contributed by atoms with E-state index in [0.717, 1.165) is 6.07 Å². The second-order valence-corrected chi connectivity index (χ2v) is 3.44. The summed E-state index contributed by atoms with van der Waals surface area (Å²) in [6.45, 7) is -0.251. The van der Waals surface area contributed by atoms with E-state index in [1.165, 1.54) is 24.5 Å². The van der Waals surface area contributed by atoms with E-state index in [1.54, 1.807) is 12.1 Å². The van der Waals surface area contributed by atoms with Crippen LogP contribution in [0.25, 0.3) is 0 Å². The molecule has 0 saturated heterocycles. The number of furan rings is 1. The standard InChI is InChI=1S/C13H8FNO3/c14-11-6-10(4-3-9(11)7-15)18-8-12(16)13-2-1-5-17-13/h1-6H,8H2. The molecule has 0 spiro atoms. The maximum absolute atomic E-state index is 13.2. The Labute approximate surface area is 102 Å². The maximum atomic E-state index is 13.2. The molecule has 0 aliphatic heterocycles. The van der Waals surface area contributed by atoms with Crippen molar-refractivity contribution in [2.45, 2.75) is 0 Å². The summed E-state index contributed by atoms with van der Waals surface area (Å²) < 4.78 is 23.3. The summed E-state index contributed by atoms with van der Waals surface area (Å²) >= 11 is 0. The van der Waals surface area contributed by atoms with Crippen LogP contribution in [0.1, 0.15) is 16.1 Å². The quantitative estimate of drug-likeness (QED) is 0.776. The highest BCUT2D eigenvalue weighted by Crippen LogP contribution is 2.16. The molecule has 0 N–H and O–H groups in total. The lowest BCUT2D eigenvalue weighted by molar-refractivity contribution is 0.0893. The molecule has 0 radical (unpaired) electrons. The molecule has 0 aliphatic carbocycles. The van der Waals surface area contributed by atoms with Crippen LogP contribution in [-0.2, 0) is 0 Å². The molecule has 1 heterocycles. The van der Waals surface area contributed by atoms with Gasteiger partial charge in [0.05, 0.1) is 11.8 Å². The predicted octanol–water partition coefficient (Wildman–Crippen LogP) is 2.55. The van der Waals surface area contributed by atoms with Gasteiger partial charge in [-0.15, -0.1) is 0 Å². The van der Waals surface area contributed by atoms with Gasteiger partial charge in [-0.25, -0.2) is 4.39 Å². The number of halogens is 1. The summed E-state index contributed by atoms with van der Waals surface area (Å²) in [6, 6.07) is 8.59. The minimum Gasteiger partial charge on any atom is -0.485 e. The van der Waals surface area contributed by atoms with E-state index in [-0.39, 0.29) is 29.5 Å². The first-order valence-electron chi connectivity index (χ1n) is 5.10. The fourth-order valence-corrected chi connectivity index (χ4v) is 1.33. The van der Waals surface area contributed by atoms with Gasteiger partial charge in [0.1, 0.15) is 17.6 Å². The minimum absolute atomic E-state index is 0.0697. The molecule has 18 heavy (non-hydrogen) atoms. The normalized spacial score (nSPS) is 9.78. The van der Waals surface area contributed by atoms with Crippen molar-refractivity contribution in [2.75, 3.05) is 6.61 Å². The van der Waals surface area contributed by atoms with Gasteiger partial charge in [-0.05, 0) is 24.3 Å². The summed E-state index contributed by atoms with van der Waals surface area (Å²) in [4.78, 5) is 11.5. The van der Waals surface area contributed by atoms with E-state index >= 15 is 0 Å². The summed E-state index contributed by atoms with van der Waals surface area (Å²) in [5.74, 6) is -0.652. The van der Waals surface area contributed by atoms with Crippen molar-refractivity contribution in [2.24, 2.45) is 0 Å². The van der Waals surface area contributed by atoms with E-state index in [9.17, 15) is 9.18 Å². The van der Waals surface area contributed by atoms with Crippen LogP contribution in [0.2, 0.25) is 0 Å². The van der Waals surface area contributed by atoms with Crippen LogP contribution in [0.3, 0.4) is 0 Å². The Balaban J connectivity index is 2.01. The number of rotatable bonds is 4. The molecule has 2 rings (SSSR count). The largest absolute Gasteiger partial charge is 0.485 e. The average molecular weight is 245 g/mol. The molecule has 0 atom stereocenters. The zero-order valence-electron chi connectivity index (χ0n) is 9.22. The minimum atomic E-state index is -0.680. The first-order chi connectivity index (χ1) is 8.70. The number of hydrogen-bond donors (Lipinski definition) is 0. The fraction of sp³-hybridized carbons (Fsp3) is 0.0769. The van der Waals surface area contributed by atoms with Crippen molar-refractivity contribution in [3.8, 4) is 11.8 Å². The number of nitrogens with zero attached hydrogens (tertiary/aromatic N) is 1. The first-order valence-corrected chi connectivity index (χ1v) is 5.10. The van der Waals surface area contributed by atoms with Crippen molar-refractivity contribution in [1.29, 1.82) is 5.26 Å². The van der Waals surface area contributed by atoms with Crippen molar-refractivity contribution in [3.63, 3.8) is 0 Å². The number of nitriles is 1. The van der Waals surface area contributed by atoms with Crippen LogP contribution in [0, 0.1) is 17.1 Å². The highest BCUT2D eigenvalue weighted by atomic mass is 19.1. The fourth-order valence-electron chi connectivity index (χ4n) is 1.33. The van der Waals surface area contributed by atoms with E-state index in [2.05, 4.69) is 0 Å². The molecule has 4 nitrogen and oxygen atoms in total. The second-order valence-electron chi connectivity index (χ2n) is 3.44. The lowest BCUT2D eigenvalue weighted by Gasteiger charge is -2.04. The topological polar surface area (TPSA) is 63.2 Å². The molecule has 1 aromatic carbocycles. The molecule has 0 unspecified atom stereocenters. The van der Waals surface area contributed by atoms with Gasteiger partial charge < -0.3 is 9.15 Å². The third-order valence-electron chi connectivity index (χ3n) is 2.23. The Morgan fingerprint density at radius 2 is 2.28 bits per heavy atom. The van der Waals surface area contributed by atoms with Crippen molar-refractivity contribution < 1.29 is 18.3 Å². The zero-order chi connectivity index (χ0) is 13.0. The van der Waals surface area contributed by atoms with Crippen LogP contribution in [0.4, 0.5) is 4.39 Å². The molecule has 1 aromatic heterocycles. The first kappa shape index (κ1) is 11.9. The van der Waals surface area contributed by atoms with Crippen molar-refractivity contribution >= 4 is 5.78 Å². The third-order valence-corrected chi connectivity index (χ3v) is 2.23. The number of carbonyl (C=O) groups is 1. The summed E-state index contributed by atoms with van der Waals surface area (Å²) in [5.41, 5.74) is -0.0697. The smallest absolute Gasteiger partial charge is 0.235 e. The highest BCUT2D eigenvalue weighted by molar-refractivity contribution is 5.94. The van der Waals surface area contributed by atoms with Gasteiger partial charge in [-0.1, -0.05) is 0 Å². The van der Waals surface area contributed by atoms with Crippen LogP contribution in [0.15, 0.2) is 41.0 Å². The zero-order valence-corrected chi connectivity index (χ0v) is 9.22. The molecule has 0 fully saturated rings.